The standard InChI is InChI=1S/C22H26N4O2S/c1-15-18(29-14-24-15)19-22(9-3-4-10-22)21(28)26(19)16-7-12-25(13-8-16)20(27)17-6-2-5-11-23-17/h2,5-6,11,14,16,19H,3-4,7-10,12-13H2,1H3. The van der Waals surface area contributed by atoms with E-state index in [9.17, 15) is 9.59 Å². The molecule has 1 aliphatic carbocycles. The van der Waals surface area contributed by atoms with E-state index in [4.69, 9.17) is 0 Å². The monoisotopic (exact) mass is 410 g/mol. The zero-order valence-electron chi connectivity index (χ0n) is 16.7. The number of pyridine rings is 1. The third kappa shape index (κ3) is 2.89. The molecule has 1 spiro atoms. The van der Waals surface area contributed by atoms with Crippen molar-refractivity contribution >= 4 is 23.2 Å². The zero-order valence-corrected chi connectivity index (χ0v) is 17.5. The SMILES string of the molecule is Cc1ncsc1C1N(C2CCN(C(=O)c3ccccn3)CC2)C(=O)C12CCCC2. The van der Waals surface area contributed by atoms with Crippen LogP contribution in [0.5, 0.6) is 0 Å². The van der Waals surface area contributed by atoms with Crippen molar-refractivity contribution in [3.63, 3.8) is 0 Å². The van der Waals surface area contributed by atoms with Crippen LogP contribution in [0, 0.1) is 12.3 Å². The number of carbonyl (C=O) groups is 2. The molecule has 2 aromatic heterocycles. The first-order valence-electron chi connectivity index (χ1n) is 10.5. The lowest BCUT2D eigenvalue weighted by molar-refractivity contribution is -0.180. The third-order valence-electron chi connectivity index (χ3n) is 7.02. The maximum absolute atomic E-state index is 13.4. The Kier molecular flexibility index (Phi) is 4.65. The minimum absolute atomic E-state index is 0.0129. The van der Waals surface area contributed by atoms with Crippen molar-refractivity contribution in [2.45, 2.75) is 57.5 Å². The Balaban J connectivity index is 1.33. The zero-order chi connectivity index (χ0) is 20.0. The summed E-state index contributed by atoms with van der Waals surface area (Å²) >= 11 is 1.69. The van der Waals surface area contributed by atoms with Crippen LogP contribution in [0.25, 0.3) is 0 Å². The Hall–Kier alpha value is -2.28. The molecular formula is C22H26N4O2S. The maximum atomic E-state index is 13.4. The summed E-state index contributed by atoms with van der Waals surface area (Å²) in [6, 6.07) is 5.80. The summed E-state index contributed by atoms with van der Waals surface area (Å²) in [5.74, 6) is 0.323. The molecule has 6 nitrogen and oxygen atoms in total. The van der Waals surface area contributed by atoms with Gasteiger partial charge in [-0.3, -0.25) is 14.6 Å². The lowest BCUT2D eigenvalue weighted by Gasteiger charge is -2.58. The van der Waals surface area contributed by atoms with Gasteiger partial charge in [0.1, 0.15) is 5.69 Å². The minimum Gasteiger partial charge on any atom is -0.337 e. The highest BCUT2D eigenvalue weighted by Gasteiger charge is 2.64. The highest BCUT2D eigenvalue weighted by Crippen LogP contribution is 2.61. The van der Waals surface area contributed by atoms with Gasteiger partial charge in [-0.25, -0.2) is 4.98 Å². The van der Waals surface area contributed by atoms with Crippen molar-refractivity contribution in [2.75, 3.05) is 13.1 Å². The average molecular weight is 411 g/mol. The second kappa shape index (κ2) is 7.20. The first-order chi connectivity index (χ1) is 14.1. The summed E-state index contributed by atoms with van der Waals surface area (Å²) < 4.78 is 0. The highest BCUT2D eigenvalue weighted by atomic mass is 32.1. The van der Waals surface area contributed by atoms with Gasteiger partial charge in [0.2, 0.25) is 5.91 Å². The van der Waals surface area contributed by atoms with Crippen molar-refractivity contribution < 1.29 is 9.59 Å². The van der Waals surface area contributed by atoms with Crippen molar-refractivity contribution in [3.8, 4) is 0 Å². The Labute approximate surface area is 175 Å². The normalized spacial score (nSPS) is 24.2. The fraction of sp³-hybridized carbons (Fsp3) is 0.545. The van der Waals surface area contributed by atoms with Crippen LogP contribution in [0.3, 0.4) is 0 Å². The fourth-order valence-electron chi connectivity index (χ4n) is 5.51. The number of thiazole rings is 1. The van der Waals surface area contributed by atoms with E-state index in [-0.39, 0.29) is 23.4 Å². The number of carbonyl (C=O) groups excluding carboxylic acids is 2. The van der Waals surface area contributed by atoms with Crippen molar-refractivity contribution in [1.82, 2.24) is 19.8 Å². The van der Waals surface area contributed by atoms with Gasteiger partial charge in [0.15, 0.2) is 0 Å². The molecule has 0 bridgehead atoms. The van der Waals surface area contributed by atoms with E-state index in [0.717, 1.165) is 44.2 Å². The molecule has 5 rings (SSSR count). The van der Waals surface area contributed by atoms with Crippen LogP contribution in [0.4, 0.5) is 0 Å². The van der Waals surface area contributed by atoms with Crippen LogP contribution in [-0.4, -0.2) is 50.7 Å². The quantitative estimate of drug-likeness (QED) is 0.725. The highest BCUT2D eigenvalue weighted by molar-refractivity contribution is 7.09. The first-order valence-corrected chi connectivity index (χ1v) is 11.4. The van der Waals surface area contributed by atoms with E-state index in [0.29, 0.717) is 24.7 Å². The van der Waals surface area contributed by atoms with E-state index < -0.39 is 0 Å². The molecule has 0 radical (unpaired) electrons. The second-order valence-electron chi connectivity index (χ2n) is 8.52. The van der Waals surface area contributed by atoms with Crippen molar-refractivity contribution in [1.29, 1.82) is 0 Å². The Morgan fingerprint density at radius 2 is 1.93 bits per heavy atom. The first kappa shape index (κ1) is 18.7. The molecule has 152 valence electrons. The molecule has 4 heterocycles. The molecule has 2 aromatic rings. The predicted molar refractivity (Wildman–Crippen MR) is 111 cm³/mol. The number of rotatable bonds is 3. The summed E-state index contributed by atoms with van der Waals surface area (Å²) in [6.45, 7) is 3.40. The molecule has 3 fully saturated rings. The van der Waals surface area contributed by atoms with E-state index >= 15 is 0 Å². The average Bonchev–Trinajstić information content (AvgIpc) is 3.43. The van der Waals surface area contributed by atoms with Crippen LogP contribution in [0.15, 0.2) is 29.9 Å². The topological polar surface area (TPSA) is 66.4 Å². The van der Waals surface area contributed by atoms with Gasteiger partial charge in [0, 0.05) is 25.3 Å². The third-order valence-corrected chi connectivity index (χ3v) is 8.00. The number of β-lactam (4-membered cyclic amide) rings is 1. The Morgan fingerprint density at radius 1 is 1.17 bits per heavy atom. The molecule has 2 aliphatic heterocycles. The van der Waals surface area contributed by atoms with Gasteiger partial charge in [0.25, 0.3) is 5.91 Å². The summed E-state index contributed by atoms with van der Waals surface area (Å²) in [5, 5.41) is 0. The van der Waals surface area contributed by atoms with Gasteiger partial charge in [0.05, 0.1) is 27.5 Å². The number of aromatic nitrogens is 2. The summed E-state index contributed by atoms with van der Waals surface area (Å²) in [4.78, 5) is 40.0. The maximum Gasteiger partial charge on any atom is 0.272 e. The van der Waals surface area contributed by atoms with Gasteiger partial charge >= 0.3 is 0 Å². The lowest BCUT2D eigenvalue weighted by atomic mass is 9.67. The fourth-order valence-corrected chi connectivity index (χ4v) is 6.53. The molecule has 29 heavy (non-hydrogen) atoms. The molecular weight excluding hydrogens is 384 g/mol. The molecule has 0 N–H and O–H groups in total. The van der Waals surface area contributed by atoms with Gasteiger partial charge in [-0.05, 0) is 44.7 Å². The van der Waals surface area contributed by atoms with Crippen molar-refractivity contribution in [3.05, 3.63) is 46.2 Å². The number of piperidine rings is 1. The van der Waals surface area contributed by atoms with Gasteiger partial charge in [-0.15, -0.1) is 11.3 Å². The molecule has 0 aromatic carbocycles. The van der Waals surface area contributed by atoms with Crippen LogP contribution in [0.2, 0.25) is 0 Å². The van der Waals surface area contributed by atoms with E-state index in [1.54, 1.807) is 23.6 Å². The summed E-state index contributed by atoms with van der Waals surface area (Å²) in [6.07, 6.45) is 7.60. The number of hydrogen-bond acceptors (Lipinski definition) is 5. The van der Waals surface area contributed by atoms with Crippen LogP contribution >= 0.6 is 11.3 Å². The molecule has 1 unspecified atom stereocenters. The van der Waals surface area contributed by atoms with Crippen molar-refractivity contribution in [2.24, 2.45) is 5.41 Å². The molecule has 7 heteroatoms. The smallest absolute Gasteiger partial charge is 0.272 e. The van der Waals surface area contributed by atoms with Crippen LogP contribution < -0.4 is 0 Å². The predicted octanol–water partition coefficient (Wildman–Crippen LogP) is 3.60. The Bertz CT molecular complexity index is 914. The number of aryl methyl sites for hydroxylation is 1. The largest absolute Gasteiger partial charge is 0.337 e. The summed E-state index contributed by atoms with van der Waals surface area (Å²) in [5.41, 5.74) is 3.27. The Morgan fingerprint density at radius 3 is 2.55 bits per heavy atom. The van der Waals surface area contributed by atoms with Gasteiger partial charge in [-0.1, -0.05) is 18.9 Å². The minimum atomic E-state index is -0.196. The van der Waals surface area contributed by atoms with E-state index in [2.05, 4.69) is 21.8 Å². The number of nitrogens with zero attached hydrogens (tertiary/aromatic N) is 4. The molecule has 1 atom stereocenters. The van der Waals surface area contributed by atoms with Gasteiger partial charge in [-0.2, -0.15) is 0 Å². The number of amides is 2. The number of likely N-dealkylation sites (tertiary alicyclic amines) is 2. The summed E-state index contributed by atoms with van der Waals surface area (Å²) in [7, 11) is 0. The van der Waals surface area contributed by atoms with Crippen LogP contribution in [0.1, 0.15) is 65.6 Å². The van der Waals surface area contributed by atoms with Crippen LogP contribution in [-0.2, 0) is 4.79 Å². The van der Waals surface area contributed by atoms with E-state index in [1.807, 2.05) is 22.5 Å². The van der Waals surface area contributed by atoms with Gasteiger partial charge < -0.3 is 9.80 Å². The second-order valence-corrected chi connectivity index (χ2v) is 9.40. The molecule has 3 aliphatic rings. The number of hydrogen-bond donors (Lipinski definition) is 0. The molecule has 2 amide bonds. The van der Waals surface area contributed by atoms with E-state index in [1.165, 1.54) is 4.88 Å². The molecule has 1 saturated carbocycles. The molecule has 2 saturated heterocycles. The lowest BCUT2D eigenvalue weighted by Crippen LogP contribution is -2.66.